The summed E-state index contributed by atoms with van der Waals surface area (Å²) >= 11 is 0. The van der Waals surface area contributed by atoms with Gasteiger partial charge in [-0.15, -0.1) is 0 Å². The Labute approximate surface area is 215 Å². The first-order valence-corrected chi connectivity index (χ1v) is 12.1. The molecule has 0 fully saturated rings. The fraction of sp³-hybridized carbons (Fsp3) is 0.333. The number of carboxylic acids is 2. The van der Waals surface area contributed by atoms with E-state index in [1.54, 1.807) is 24.3 Å². The number of hydrazone groups is 2. The lowest BCUT2D eigenvalue weighted by Crippen LogP contribution is -2.21. The van der Waals surface area contributed by atoms with E-state index in [2.05, 4.69) is 21.1 Å². The van der Waals surface area contributed by atoms with E-state index in [0.29, 0.717) is 30.7 Å². The van der Waals surface area contributed by atoms with Crippen molar-refractivity contribution in [3.8, 4) is 0 Å². The van der Waals surface area contributed by atoms with E-state index in [1.807, 2.05) is 36.4 Å². The van der Waals surface area contributed by atoms with E-state index in [4.69, 9.17) is 10.2 Å². The monoisotopic (exact) mass is 508 g/mol. The summed E-state index contributed by atoms with van der Waals surface area (Å²) in [4.78, 5) is 46.2. The number of rotatable bonds is 16. The highest BCUT2D eigenvalue weighted by Gasteiger charge is 2.10. The van der Waals surface area contributed by atoms with Crippen LogP contribution in [0.2, 0.25) is 0 Å². The van der Waals surface area contributed by atoms with Gasteiger partial charge in [-0.05, 0) is 24.0 Å². The first-order chi connectivity index (χ1) is 17.8. The number of carboxylic acid groups (broad SMARTS) is 2. The normalized spacial score (nSPS) is 11.6. The quantitative estimate of drug-likeness (QED) is 0.154. The minimum Gasteiger partial charge on any atom is -0.481 e. The number of benzene rings is 2. The zero-order chi connectivity index (χ0) is 26.9. The van der Waals surface area contributed by atoms with Gasteiger partial charge >= 0.3 is 11.9 Å². The van der Waals surface area contributed by atoms with Crippen molar-refractivity contribution in [3.05, 3.63) is 71.8 Å². The molecule has 2 amide bonds. The minimum absolute atomic E-state index is 0.0951. The molecule has 10 heteroatoms. The number of nitrogens with one attached hydrogen (secondary N) is 2. The number of unbranched alkanes of at least 4 members (excludes halogenated alkanes) is 2. The van der Waals surface area contributed by atoms with Crippen molar-refractivity contribution in [2.24, 2.45) is 10.2 Å². The molecule has 10 nitrogen and oxygen atoms in total. The Bertz CT molecular complexity index is 1010. The van der Waals surface area contributed by atoms with Crippen LogP contribution in [0.25, 0.3) is 0 Å². The molecule has 0 radical (unpaired) electrons. The minimum atomic E-state index is -0.943. The largest absolute Gasteiger partial charge is 0.481 e. The smallest absolute Gasteiger partial charge is 0.303 e. The van der Waals surface area contributed by atoms with Crippen molar-refractivity contribution in [2.45, 2.75) is 57.8 Å². The number of carbonyl (C=O) groups excluding carboxylic acids is 2. The van der Waals surface area contributed by atoms with E-state index in [9.17, 15) is 19.2 Å². The lowest BCUT2D eigenvalue weighted by molar-refractivity contribution is -0.137. The molecule has 4 N–H and O–H groups in total. The Hall–Kier alpha value is -4.34. The second-order valence-electron chi connectivity index (χ2n) is 8.27. The number of amides is 2. The highest BCUT2D eigenvalue weighted by molar-refractivity contribution is 6.02. The third kappa shape index (κ3) is 12.3. The Balaban J connectivity index is 1.74. The molecule has 37 heavy (non-hydrogen) atoms. The van der Waals surface area contributed by atoms with Gasteiger partial charge in [0.25, 0.3) is 0 Å². The van der Waals surface area contributed by atoms with Crippen LogP contribution >= 0.6 is 0 Å². The van der Waals surface area contributed by atoms with Crippen LogP contribution in [-0.2, 0) is 19.2 Å². The topological polar surface area (TPSA) is 158 Å². The predicted molar refractivity (Wildman–Crippen MR) is 139 cm³/mol. The summed E-state index contributed by atoms with van der Waals surface area (Å²) in [5, 5.41) is 26.1. The van der Waals surface area contributed by atoms with Crippen LogP contribution in [-0.4, -0.2) is 45.4 Å². The van der Waals surface area contributed by atoms with Gasteiger partial charge in [0.05, 0.1) is 24.3 Å². The lowest BCUT2D eigenvalue weighted by Gasteiger charge is -2.07. The van der Waals surface area contributed by atoms with Crippen LogP contribution in [0.3, 0.4) is 0 Å². The number of aliphatic carboxylic acids is 2. The average molecular weight is 509 g/mol. The molecule has 196 valence electrons. The summed E-state index contributed by atoms with van der Waals surface area (Å²) < 4.78 is 0. The van der Waals surface area contributed by atoms with Crippen molar-refractivity contribution in [1.82, 2.24) is 10.9 Å². The van der Waals surface area contributed by atoms with Crippen molar-refractivity contribution >= 4 is 35.2 Å². The molecule has 2 aromatic rings. The molecule has 0 aliphatic carbocycles. The lowest BCUT2D eigenvalue weighted by atomic mass is 10.1. The summed E-state index contributed by atoms with van der Waals surface area (Å²) in [5.41, 5.74) is 7.46. The van der Waals surface area contributed by atoms with Crippen molar-refractivity contribution in [3.63, 3.8) is 0 Å². The first-order valence-electron chi connectivity index (χ1n) is 12.1. The van der Waals surface area contributed by atoms with E-state index >= 15 is 0 Å². The maximum Gasteiger partial charge on any atom is 0.303 e. The molecular weight excluding hydrogens is 476 g/mol. The third-order valence-electron chi connectivity index (χ3n) is 5.30. The van der Waals surface area contributed by atoms with Crippen molar-refractivity contribution in [2.75, 3.05) is 0 Å². The molecule has 0 heterocycles. The Morgan fingerprint density at radius 2 is 0.919 bits per heavy atom. The highest BCUT2D eigenvalue weighted by Crippen LogP contribution is 2.09. The Kier molecular flexibility index (Phi) is 12.8. The molecule has 0 aliphatic heterocycles. The second kappa shape index (κ2) is 16.4. The molecule has 0 saturated heterocycles. The number of hydrogen-bond donors (Lipinski definition) is 4. The molecule has 2 aromatic carbocycles. The van der Waals surface area contributed by atoms with Crippen LogP contribution < -0.4 is 10.9 Å². The molecule has 0 spiro atoms. The molecule has 0 aliphatic rings. The summed E-state index contributed by atoms with van der Waals surface area (Å²) in [6.07, 6.45) is 2.39. The zero-order valence-corrected chi connectivity index (χ0v) is 20.6. The number of carbonyl (C=O) groups is 4. The second-order valence-corrected chi connectivity index (χ2v) is 8.27. The maximum atomic E-state index is 12.2. The summed E-state index contributed by atoms with van der Waals surface area (Å²) in [6.45, 7) is 0. The summed E-state index contributed by atoms with van der Waals surface area (Å²) in [6, 6.07) is 18.1. The maximum absolute atomic E-state index is 12.2. The van der Waals surface area contributed by atoms with E-state index in [0.717, 1.165) is 11.1 Å². The third-order valence-corrected chi connectivity index (χ3v) is 5.30. The first kappa shape index (κ1) is 28.9. The van der Waals surface area contributed by atoms with Gasteiger partial charge in [-0.25, -0.2) is 10.9 Å². The molecule has 0 unspecified atom stereocenters. The van der Waals surface area contributed by atoms with Gasteiger partial charge in [-0.3, -0.25) is 19.2 Å². The van der Waals surface area contributed by atoms with Crippen LogP contribution in [0.15, 0.2) is 70.9 Å². The molecule has 0 saturated carbocycles. The molecular formula is C27H32N4O6. The number of hydrogen-bond acceptors (Lipinski definition) is 6. The van der Waals surface area contributed by atoms with E-state index < -0.39 is 11.9 Å². The van der Waals surface area contributed by atoms with E-state index in [1.165, 1.54) is 0 Å². The van der Waals surface area contributed by atoms with Gasteiger partial charge in [0.15, 0.2) is 0 Å². The van der Waals surface area contributed by atoms with Gasteiger partial charge in [-0.1, -0.05) is 67.1 Å². The van der Waals surface area contributed by atoms with Crippen LogP contribution in [0.5, 0.6) is 0 Å². The van der Waals surface area contributed by atoms with Crippen LogP contribution in [0.1, 0.15) is 68.9 Å². The Morgan fingerprint density at radius 1 is 0.541 bits per heavy atom. The van der Waals surface area contributed by atoms with Gasteiger partial charge in [0, 0.05) is 25.7 Å². The SMILES string of the molecule is O=C(O)CCC(=NNC(=O)CCCCCC(=O)NN=C(CCC(=O)O)c1ccccc1)c1ccccc1. The molecule has 2 rings (SSSR count). The zero-order valence-electron chi connectivity index (χ0n) is 20.6. The number of nitrogens with zero attached hydrogens (tertiary/aromatic N) is 2. The summed E-state index contributed by atoms with van der Waals surface area (Å²) in [7, 11) is 0. The predicted octanol–water partition coefficient (Wildman–Crippen LogP) is 3.71. The molecule has 0 bridgehead atoms. The van der Waals surface area contributed by atoms with Gasteiger partial charge in [0.2, 0.25) is 11.8 Å². The highest BCUT2D eigenvalue weighted by atomic mass is 16.4. The average Bonchev–Trinajstić information content (AvgIpc) is 2.89. The molecule has 0 aromatic heterocycles. The standard InChI is InChI=1S/C27H32N4O6/c32-24(30-28-22(16-18-26(34)35)20-10-4-1-5-11-20)14-8-3-9-15-25(33)31-29-23(17-19-27(36)37)21-12-6-2-7-13-21/h1-2,4-7,10-13H,3,8-9,14-19H2,(H,30,32)(H,31,33)(H,34,35)(H,36,37). The van der Waals surface area contributed by atoms with Gasteiger partial charge in [0.1, 0.15) is 0 Å². The van der Waals surface area contributed by atoms with Crippen LogP contribution in [0, 0.1) is 0 Å². The fourth-order valence-electron chi connectivity index (χ4n) is 3.36. The van der Waals surface area contributed by atoms with E-state index in [-0.39, 0.29) is 50.3 Å². The van der Waals surface area contributed by atoms with Gasteiger partial charge in [-0.2, -0.15) is 10.2 Å². The van der Waals surface area contributed by atoms with Crippen LogP contribution in [0.4, 0.5) is 0 Å². The van der Waals surface area contributed by atoms with Crippen molar-refractivity contribution in [1.29, 1.82) is 0 Å². The summed E-state index contributed by atoms with van der Waals surface area (Å²) in [5.74, 6) is -2.46. The Morgan fingerprint density at radius 3 is 1.27 bits per heavy atom. The molecule has 0 atom stereocenters. The van der Waals surface area contributed by atoms with Crippen molar-refractivity contribution < 1.29 is 29.4 Å². The fourth-order valence-corrected chi connectivity index (χ4v) is 3.36. The van der Waals surface area contributed by atoms with Gasteiger partial charge < -0.3 is 10.2 Å².